The highest BCUT2D eigenvalue weighted by atomic mass is 16.1. The summed E-state index contributed by atoms with van der Waals surface area (Å²) in [5.41, 5.74) is 2.18. The molecule has 0 aliphatic carbocycles. The molecule has 1 atom stereocenters. The fourth-order valence-corrected chi connectivity index (χ4v) is 1.75. The zero-order valence-electron chi connectivity index (χ0n) is 13.1. The largest absolute Gasteiger partial charge is 0.279 e. The van der Waals surface area contributed by atoms with Gasteiger partial charge in [-0.1, -0.05) is 48.6 Å². The first-order chi connectivity index (χ1) is 10.1. The molecule has 108 valence electrons. The van der Waals surface area contributed by atoms with Crippen LogP contribution < -0.4 is 0 Å². The SMILES string of the molecule is CC(C)=CCC[C@@H](C)CC#CC(=O)C#Cc1ccccc1. The van der Waals surface area contributed by atoms with Crippen LogP contribution in [0.5, 0.6) is 0 Å². The predicted molar refractivity (Wildman–Crippen MR) is 88.5 cm³/mol. The van der Waals surface area contributed by atoms with Gasteiger partial charge in [0, 0.05) is 12.0 Å². The highest BCUT2D eigenvalue weighted by molar-refractivity contribution is 6.09. The lowest BCUT2D eigenvalue weighted by molar-refractivity contribution is -0.108. The minimum absolute atomic E-state index is 0.310. The number of hydrogen-bond donors (Lipinski definition) is 0. The van der Waals surface area contributed by atoms with Gasteiger partial charge in [0.15, 0.2) is 0 Å². The highest BCUT2D eigenvalue weighted by Crippen LogP contribution is 2.10. The number of carbonyl (C=O) groups is 1. The first kappa shape index (κ1) is 16.8. The van der Waals surface area contributed by atoms with E-state index in [0.717, 1.165) is 24.8 Å². The Balaban J connectivity index is 2.39. The van der Waals surface area contributed by atoms with Crippen molar-refractivity contribution in [2.75, 3.05) is 0 Å². The van der Waals surface area contributed by atoms with Gasteiger partial charge in [0.2, 0.25) is 0 Å². The molecule has 0 heterocycles. The Bertz CT molecular complexity index is 596. The van der Waals surface area contributed by atoms with E-state index in [4.69, 9.17) is 0 Å². The van der Waals surface area contributed by atoms with E-state index in [1.54, 1.807) is 0 Å². The highest BCUT2D eigenvalue weighted by Gasteiger charge is 1.98. The molecule has 1 rings (SSSR count). The summed E-state index contributed by atoms with van der Waals surface area (Å²) >= 11 is 0. The number of ketones is 1. The van der Waals surface area contributed by atoms with Crippen LogP contribution in [0, 0.1) is 29.6 Å². The smallest absolute Gasteiger partial charge is 0.270 e. The number of benzene rings is 1. The van der Waals surface area contributed by atoms with Crippen LogP contribution in [0.25, 0.3) is 0 Å². The van der Waals surface area contributed by atoms with Gasteiger partial charge in [-0.3, -0.25) is 4.79 Å². The zero-order valence-corrected chi connectivity index (χ0v) is 13.1. The number of carbonyl (C=O) groups excluding carboxylic acids is 1. The Labute approximate surface area is 128 Å². The molecular weight excluding hydrogens is 256 g/mol. The molecule has 0 fully saturated rings. The van der Waals surface area contributed by atoms with Crippen molar-refractivity contribution in [3.63, 3.8) is 0 Å². The molecule has 1 nitrogen and oxygen atoms in total. The maximum atomic E-state index is 11.5. The average Bonchev–Trinajstić information content (AvgIpc) is 2.46. The van der Waals surface area contributed by atoms with Gasteiger partial charge in [0.05, 0.1) is 0 Å². The summed E-state index contributed by atoms with van der Waals surface area (Å²) in [6.07, 6.45) is 5.16. The third-order valence-corrected chi connectivity index (χ3v) is 2.96. The quantitative estimate of drug-likeness (QED) is 0.454. The normalized spacial score (nSPS) is 10.4. The van der Waals surface area contributed by atoms with Crippen LogP contribution >= 0.6 is 0 Å². The first-order valence-corrected chi connectivity index (χ1v) is 7.31. The predicted octanol–water partition coefficient (Wildman–Crippen LogP) is 4.38. The lowest BCUT2D eigenvalue weighted by Crippen LogP contribution is -1.93. The van der Waals surface area contributed by atoms with Crippen LogP contribution in [0.4, 0.5) is 0 Å². The number of hydrogen-bond acceptors (Lipinski definition) is 1. The fraction of sp³-hybridized carbons (Fsp3) is 0.350. The molecule has 0 unspecified atom stereocenters. The summed E-state index contributed by atoms with van der Waals surface area (Å²) in [6, 6.07) is 9.46. The molecular formula is C20H22O. The van der Waals surface area contributed by atoms with E-state index in [0.29, 0.717) is 5.92 Å². The van der Waals surface area contributed by atoms with E-state index in [-0.39, 0.29) is 5.78 Å². The standard InChI is InChI=1S/C20H22O/c1-17(2)9-7-10-18(3)11-8-14-20(21)16-15-19-12-5-4-6-13-19/h4-6,9,12-13,18H,7,10-11H2,1-3H3/t18-/m1/s1. The number of Topliss-reactive ketones (excluding diaryl/α,β-unsaturated/α-hetero) is 1. The molecule has 0 aliphatic heterocycles. The summed E-state index contributed by atoms with van der Waals surface area (Å²) in [5.74, 6) is 11.1. The maximum absolute atomic E-state index is 11.5. The molecule has 0 radical (unpaired) electrons. The van der Waals surface area contributed by atoms with Gasteiger partial charge < -0.3 is 0 Å². The third kappa shape index (κ3) is 8.51. The Morgan fingerprint density at radius 2 is 1.90 bits per heavy atom. The van der Waals surface area contributed by atoms with E-state index in [1.165, 1.54) is 5.57 Å². The van der Waals surface area contributed by atoms with Crippen LogP contribution in [0.3, 0.4) is 0 Å². The lowest BCUT2D eigenvalue weighted by atomic mass is 10.0. The summed E-state index contributed by atoms with van der Waals surface area (Å²) in [6.45, 7) is 6.37. The Hall–Kier alpha value is -2.25. The fourth-order valence-electron chi connectivity index (χ4n) is 1.75. The minimum atomic E-state index is -0.310. The van der Waals surface area contributed by atoms with Crippen LogP contribution in [-0.4, -0.2) is 5.78 Å². The number of allylic oxidation sites excluding steroid dienone is 2. The van der Waals surface area contributed by atoms with Crippen molar-refractivity contribution >= 4 is 5.78 Å². The van der Waals surface area contributed by atoms with Crippen molar-refractivity contribution in [3.05, 3.63) is 47.5 Å². The minimum Gasteiger partial charge on any atom is -0.270 e. The average molecular weight is 278 g/mol. The van der Waals surface area contributed by atoms with Gasteiger partial charge in [-0.2, -0.15) is 0 Å². The molecule has 1 aromatic carbocycles. The molecule has 0 aromatic heterocycles. The first-order valence-electron chi connectivity index (χ1n) is 7.31. The van der Waals surface area contributed by atoms with E-state index >= 15 is 0 Å². The monoisotopic (exact) mass is 278 g/mol. The Morgan fingerprint density at radius 3 is 2.57 bits per heavy atom. The van der Waals surface area contributed by atoms with Crippen molar-refractivity contribution in [1.82, 2.24) is 0 Å². The number of rotatable bonds is 4. The molecule has 1 heteroatoms. The zero-order chi connectivity index (χ0) is 15.5. The van der Waals surface area contributed by atoms with Crippen LogP contribution in [0.1, 0.15) is 45.6 Å². The maximum Gasteiger partial charge on any atom is 0.279 e. The van der Waals surface area contributed by atoms with E-state index in [2.05, 4.69) is 50.5 Å². The van der Waals surface area contributed by atoms with Gasteiger partial charge in [-0.15, -0.1) is 0 Å². The van der Waals surface area contributed by atoms with Crippen molar-refractivity contribution in [3.8, 4) is 23.7 Å². The van der Waals surface area contributed by atoms with E-state index < -0.39 is 0 Å². The van der Waals surface area contributed by atoms with Crippen molar-refractivity contribution in [2.24, 2.45) is 5.92 Å². The van der Waals surface area contributed by atoms with Crippen LogP contribution in [0.2, 0.25) is 0 Å². The molecule has 0 N–H and O–H groups in total. The van der Waals surface area contributed by atoms with Crippen molar-refractivity contribution in [1.29, 1.82) is 0 Å². The summed E-state index contributed by atoms with van der Waals surface area (Å²) in [5, 5.41) is 0. The molecule has 0 bridgehead atoms. The molecule has 0 spiro atoms. The molecule has 1 aromatic rings. The summed E-state index contributed by atoms with van der Waals surface area (Å²) in [7, 11) is 0. The molecule has 0 saturated carbocycles. The Kier molecular flexibility index (Phi) is 7.70. The second-order valence-electron chi connectivity index (χ2n) is 5.42. The lowest BCUT2D eigenvalue weighted by Gasteiger charge is -2.04. The van der Waals surface area contributed by atoms with Gasteiger partial charge in [0.25, 0.3) is 5.78 Å². The summed E-state index contributed by atoms with van der Waals surface area (Å²) in [4.78, 5) is 11.5. The Morgan fingerprint density at radius 1 is 1.19 bits per heavy atom. The second-order valence-corrected chi connectivity index (χ2v) is 5.42. The third-order valence-electron chi connectivity index (χ3n) is 2.96. The molecule has 0 aliphatic rings. The van der Waals surface area contributed by atoms with Gasteiger partial charge >= 0.3 is 0 Å². The van der Waals surface area contributed by atoms with Crippen LogP contribution in [-0.2, 0) is 4.79 Å². The van der Waals surface area contributed by atoms with Crippen LogP contribution in [0.15, 0.2) is 42.0 Å². The van der Waals surface area contributed by atoms with Gasteiger partial charge in [-0.05, 0) is 56.6 Å². The molecule has 21 heavy (non-hydrogen) atoms. The molecule has 0 amide bonds. The van der Waals surface area contributed by atoms with Gasteiger partial charge in [-0.25, -0.2) is 0 Å². The summed E-state index contributed by atoms with van der Waals surface area (Å²) < 4.78 is 0. The topological polar surface area (TPSA) is 17.1 Å². The molecule has 0 saturated heterocycles. The van der Waals surface area contributed by atoms with Gasteiger partial charge in [0.1, 0.15) is 0 Å². The van der Waals surface area contributed by atoms with E-state index in [9.17, 15) is 4.79 Å². The second kappa shape index (κ2) is 9.62. The van der Waals surface area contributed by atoms with Crippen molar-refractivity contribution in [2.45, 2.75) is 40.0 Å². The van der Waals surface area contributed by atoms with E-state index in [1.807, 2.05) is 30.3 Å². The van der Waals surface area contributed by atoms with Crippen molar-refractivity contribution < 1.29 is 4.79 Å².